The molecule has 1 N–H and O–H groups in total. The Morgan fingerprint density at radius 2 is 1.71 bits per heavy atom. The predicted molar refractivity (Wildman–Crippen MR) is 88.3 cm³/mol. The molecule has 0 aliphatic heterocycles. The van der Waals surface area contributed by atoms with Gasteiger partial charge in [0, 0.05) is 13.1 Å². The average molecular weight is 293 g/mol. The molecule has 1 aromatic carbocycles. The molecule has 0 heterocycles. The summed E-state index contributed by atoms with van der Waals surface area (Å²) in [6.45, 7) is 10.3. The summed E-state index contributed by atoms with van der Waals surface area (Å²) in [4.78, 5) is 2.33. The van der Waals surface area contributed by atoms with E-state index >= 15 is 0 Å². The molecule has 1 aromatic rings. The minimum absolute atomic E-state index is 0.397. The van der Waals surface area contributed by atoms with Crippen LogP contribution in [0.25, 0.3) is 0 Å². The maximum Gasteiger partial charge on any atom is 0.0900 e. The van der Waals surface area contributed by atoms with Gasteiger partial charge in [0.1, 0.15) is 0 Å². The SMILES string of the molecule is CCC(CC)CN(CC)CC(O)COCc1ccccc1. The molecule has 1 unspecified atom stereocenters. The summed E-state index contributed by atoms with van der Waals surface area (Å²) in [5.41, 5.74) is 1.15. The van der Waals surface area contributed by atoms with Gasteiger partial charge in [0.05, 0.1) is 19.3 Å². The molecule has 0 saturated heterocycles. The predicted octanol–water partition coefficient (Wildman–Crippen LogP) is 3.32. The van der Waals surface area contributed by atoms with Gasteiger partial charge in [-0.15, -0.1) is 0 Å². The third kappa shape index (κ3) is 7.60. The Hall–Kier alpha value is -0.900. The molecule has 0 amide bonds. The number of benzene rings is 1. The van der Waals surface area contributed by atoms with E-state index in [-0.39, 0.29) is 0 Å². The lowest BCUT2D eigenvalue weighted by molar-refractivity contribution is 0.00821. The Kier molecular flexibility index (Phi) is 9.31. The zero-order valence-electron chi connectivity index (χ0n) is 13.8. The van der Waals surface area contributed by atoms with Crippen LogP contribution in [0.15, 0.2) is 30.3 Å². The number of hydrogen-bond acceptors (Lipinski definition) is 3. The first-order valence-electron chi connectivity index (χ1n) is 8.21. The Morgan fingerprint density at radius 3 is 2.29 bits per heavy atom. The molecule has 0 aliphatic carbocycles. The average Bonchev–Trinajstić information content (AvgIpc) is 2.52. The maximum absolute atomic E-state index is 10.1. The highest BCUT2D eigenvalue weighted by Gasteiger charge is 2.14. The summed E-state index contributed by atoms with van der Waals surface area (Å²) < 4.78 is 5.61. The molecular formula is C18H31NO2. The summed E-state index contributed by atoms with van der Waals surface area (Å²) in [5, 5.41) is 10.1. The Bertz CT molecular complexity index is 351. The molecule has 1 atom stereocenters. The fourth-order valence-electron chi connectivity index (χ4n) is 2.48. The van der Waals surface area contributed by atoms with Gasteiger partial charge in [-0.2, -0.15) is 0 Å². The zero-order chi connectivity index (χ0) is 15.5. The number of aliphatic hydroxyl groups is 1. The van der Waals surface area contributed by atoms with Crippen LogP contribution < -0.4 is 0 Å². The first-order chi connectivity index (χ1) is 10.2. The first-order valence-corrected chi connectivity index (χ1v) is 8.21. The summed E-state index contributed by atoms with van der Waals surface area (Å²) in [6.07, 6.45) is 1.99. The maximum atomic E-state index is 10.1. The van der Waals surface area contributed by atoms with E-state index in [4.69, 9.17) is 4.74 Å². The highest BCUT2D eigenvalue weighted by atomic mass is 16.5. The van der Waals surface area contributed by atoms with Crippen molar-refractivity contribution in [1.82, 2.24) is 4.90 Å². The van der Waals surface area contributed by atoms with Crippen molar-refractivity contribution < 1.29 is 9.84 Å². The van der Waals surface area contributed by atoms with E-state index in [9.17, 15) is 5.11 Å². The molecule has 0 fully saturated rings. The van der Waals surface area contributed by atoms with Crippen LogP contribution in [0, 0.1) is 5.92 Å². The monoisotopic (exact) mass is 293 g/mol. The van der Waals surface area contributed by atoms with E-state index in [2.05, 4.69) is 25.7 Å². The molecule has 21 heavy (non-hydrogen) atoms. The molecule has 0 aliphatic rings. The second-order valence-corrected chi connectivity index (χ2v) is 5.69. The third-order valence-corrected chi connectivity index (χ3v) is 4.01. The number of hydrogen-bond donors (Lipinski definition) is 1. The number of ether oxygens (including phenoxy) is 1. The van der Waals surface area contributed by atoms with Crippen LogP contribution in [0.4, 0.5) is 0 Å². The second-order valence-electron chi connectivity index (χ2n) is 5.69. The number of aliphatic hydroxyl groups excluding tert-OH is 1. The lowest BCUT2D eigenvalue weighted by Gasteiger charge is -2.27. The standard InChI is InChI=1S/C18H31NO2/c1-4-16(5-2)12-19(6-3)13-18(20)15-21-14-17-10-8-7-9-11-17/h7-11,16,18,20H,4-6,12-15H2,1-3H3. The van der Waals surface area contributed by atoms with Crippen LogP contribution >= 0.6 is 0 Å². The minimum Gasteiger partial charge on any atom is -0.389 e. The Labute approximate surface area is 129 Å². The molecule has 120 valence electrons. The topological polar surface area (TPSA) is 32.7 Å². The van der Waals surface area contributed by atoms with Gasteiger partial charge in [0.2, 0.25) is 0 Å². The Balaban J connectivity index is 2.25. The highest BCUT2D eigenvalue weighted by molar-refractivity contribution is 5.13. The van der Waals surface area contributed by atoms with Crippen molar-refractivity contribution in [2.45, 2.75) is 46.3 Å². The van der Waals surface area contributed by atoms with E-state index < -0.39 is 6.10 Å². The smallest absolute Gasteiger partial charge is 0.0900 e. The minimum atomic E-state index is -0.414. The third-order valence-electron chi connectivity index (χ3n) is 4.01. The van der Waals surface area contributed by atoms with Gasteiger partial charge in [0.15, 0.2) is 0 Å². The molecular weight excluding hydrogens is 262 g/mol. The molecule has 0 aromatic heterocycles. The number of likely N-dealkylation sites (N-methyl/N-ethyl adjacent to an activating group) is 1. The van der Waals surface area contributed by atoms with Crippen molar-refractivity contribution in [2.75, 3.05) is 26.2 Å². The van der Waals surface area contributed by atoms with Crippen molar-refractivity contribution in [3.8, 4) is 0 Å². The van der Waals surface area contributed by atoms with Crippen LogP contribution in [0.2, 0.25) is 0 Å². The van der Waals surface area contributed by atoms with Gasteiger partial charge < -0.3 is 14.7 Å². The van der Waals surface area contributed by atoms with Gasteiger partial charge in [-0.3, -0.25) is 0 Å². The highest BCUT2D eigenvalue weighted by Crippen LogP contribution is 2.10. The quantitative estimate of drug-likeness (QED) is 0.679. The molecule has 3 heteroatoms. The van der Waals surface area contributed by atoms with Crippen LogP contribution in [-0.4, -0.2) is 42.4 Å². The summed E-state index contributed by atoms with van der Waals surface area (Å²) in [7, 11) is 0. The molecule has 0 bridgehead atoms. The molecule has 0 saturated carbocycles. The summed E-state index contributed by atoms with van der Waals surface area (Å²) in [5.74, 6) is 0.724. The molecule has 0 spiro atoms. The summed E-state index contributed by atoms with van der Waals surface area (Å²) in [6, 6.07) is 10.1. The first kappa shape index (κ1) is 18.1. The summed E-state index contributed by atoms with van der Waals surface area (Å²) >= 11 is 0. The van der Waals surface area contributed by atoms with E-state index in [1.165, 1.54) is 12.8 Å². The van der Waals surface area contributed by atoms with Gasteiger partial charge in [0.25, 0.3) is 0 Å². The molecule has 3 nitrogen and oxygen atoms in total. The van der Waals surface area contributed by atoms with E-state index in [1.807, 2.05) is 30.3 Å². The van der Waals surface area contributed by atoms with Crippen molar-refractivity contribution in [3.63, 3.8) is 0 Å². The van der Waals surface area contributed by atoms with Crippen LogP contribution in [-0.2, 0) is 11.3 Å². The molecule has 0 radical (unpaired) electrons. The normalized spacial score (nSPS) is 13.0. The molecule has 1 rings (SSSR count). The zero-order valence-corrected chi connectivity index (χ0v) is 13.8. The van der Waals surface area contributed by atoms with Gasteiger partial charge in [-0.05, 0) is 18.0 Å². The number of nitrogens with zero attached hydrogens (tertiary/aromatic N) is 1. The van der Waals surface area contributed by atoms with Crippen molar-refractivity contribution in [1.29, 1.82) is 0 Å². The van der Waals surface area contributed by atoms with E-state index in [0.717, 1.165) is 24.6 Å². The van der Waals surface area contributed by atoms with Gasteiger partial charge >= 0.3 is 0 Å². The van der Waals surface area contributed by atoms with Crippen LogP contribution in [0.3, 0.4) is 0 Å². The van der Waals surface area contributed by atoms with Crippen molar-refractivity contribution in [2.24, 2.45) is 5.92 Å². The number of rotatable bonds is 11. The van der Waals surface area contributed by atoms with Crippen molar-refractivity contribution >= 4 is 0 Å². The second kappa shape index (κ2) is 10.8. The van der Waals surface area contributed by atoms with E-state index in [1.54, 1.807) is 0 Å². The lowest BCUT2D eigenvalue weighted by atomic mass is 10.0. The fraction of sp³-hybridized carbons (Fsp3) is 0.667. The lowest BCUT2D eigenvalue weighted by Crippen LogP contribution is -2.37. The van der Waals surface area contributed by atoms with Crippen LogP contribution in [0.1, 0.15) is 39.2 Å². The largest absolute Gasteiger partial charge is 0.389 e. The fourth-order valence-corrected chi connectivity index (χ4v) is 2.48. The van der Waals surface area contributed by atoms with Crippen LogP contribution in [0.5, 0.6) is 0 Å². The van der Waals surface area contributed by atoms with Crippen molar-refractivity contribution in [3.05, 3.63) is 35.9 Å². The van der Waals surface area contributed by atoms with Gasteiger partial charge in [-0.25, -0.2) is 0 Å². The van der Waals surface area contributed by atoms with Gasteiger partial charge in [-0.1, -0.05) is 63.9 Å². The Morgan fingerprint density at radius 1 is 1.05 bits per heavy atom. The van der Waals surface area contributed by atoms with E-state index in [0.29, 0.717) is 19.8 Å².